The third kappa shape index (κ3) is 2.11. The minimum atomic E-state index is 0.501. The van der Waals surface area contributed by atoms with Gasteiger partial charge < -0.3 is 5.32 Å². The van der Waals surface area contributed by atoms with Crippen molar-refractivity contribution in [3.05, 3.63) is 29.2 Å². The van der Waals surface area contributed by atoms with Gasteiger partial charge in [0.2, 0.25) is 0 Å². The van der Waals surface area contributed by atoms with Gasteiger partial charge in [-0.15, -0.1) is 0 Å². The van der Waals surface area contributed by atoms with Gasteiger partial charge in [-0.2, -0.15) is 0 Å². The zero-order chi connectivity index (χ0) is 10.8. The van der Waals surface area contributed by atoms with Crippen LogP contribution in [0.25, 0.3) is 10.6 Å². The van der Waals surface area contributed by atoms with Crippen molar-refractivity contribution in [1.82, 2.24) is 9.97 Å². The van der Waals surface area contributed by atoms with Crippen LogP contribution in [0.4, 0.5) is 5.00 Å². The summed E-state index contributed by atoms with van der Waals surface area (Å²) < 4.78 is 0. The lowest BCUT2D eigenvalue weighted by molar-refractivity contribution is 1.25. The van der Waals surface area contributed by atoms with Crippen LogP contribution in [0.2, 0.25) is 5.15 Å². The zero-order valence-corrected chi connectivity index (χ0v) is 9.99. The van der Waals surface area contributed by atoms with Gasteiger partial charge in [0.05, 0.1) is 5.69 Å². The van der Waals surface area contributed by atoms with Crippen LogP contribution >= 0.6 is 22.9 Å². The number of hydrogen-bond donors (Lipinski definition) is 1. The predicted octanol–water partition coefficient (Wildman–Crippen LogP) is 3.21. The van der Waals surface area contributed by atoms with Gasteiger partial charge >= 0.3 is 0 Å². The van der Waals surface area contributed by atoms with Crippen molar-refractivity contribution in [3.63, 3.8) is 0 Å². The lowest BCUT2D eigenvalue weighted by Gasteiger charge is -1.94. The highest BCUT2D eigenvalue weighted by Crippen LogP contribution is 2.31. The molecular formula is C10H10ClN3S. The monoisotopic (exact) mass is 239 g/mol. The number of anilines is 1. The summed E-state index contributed by atoms with van der Waals surface area (Å²) in [6.07, 6.45) is 1.74. The molecule has 1 N–H and O–H groups in total. The number of hydrogen-bond acceptors (Lipinski definition) is 4. The average Bonchev–Trinajstić information content (AvgIpc) is 2.61. The van der Waals surface area contributed by atoms with Gasteiger partial charge in [-0.25, -0.2) is 9.97 Å². The fraction of sp³-hybridized carbons (Fsp3) is 0.200. The van der Waals surface area contributed by atoms with Crippen molar-refractivity contribution in [1.29, 1.82) is 0 Å². The van der Waals surface area contributed by atoms with Crippen LogP contribution in [0.15, 0.2) is 18.3 Å². The second-order valence-corrected chi connectivity index (χ2v) is 4.44. The fourth-order valence-electron chi connectivity index (χ4n) is 1.25. The molecule has 0 aliphatic rings. The maximum atomic E-state index is 5.72. The van der Waals surface area contributed by atoms with Crippen LogP contribution in [0, 0.1) is 6.92 Å². The van der Waals surface area contributed by atoms with E-state index in [4.69, 9.17) is 11.6 Å². The summed E-state index contributed by atoms with van der Waals surface area (Å²) in [5, 5.41) is 5.65. The Balaban J connectivity index is 2.41. The van der Waals surface area contributed by atoms with E-state index in [9.17, 15) is 0 Å². The van der Waals surface area contributed by atoms with Crippen molar-refractivity contribution < 1.29 is 0 Å². The highest BCUT2D eigenvalue weighted by atomic mass is 35.5. The van der Waals surface area contributed by atoms with E-state index in [1.165, 1.54) is 0 Å². The molecule has 78 valence electrons. The number of halogens is 1. The molecular weight excluding hydrogens is 230 g/mol. The van der Waals surface area contributed by atoms with Crippen molar-refractivity contribution in [2.75, 3.05) is 12.4 Å². The Morgan fingerprint density at radius 3 is 2.73 bits per heavy atom. The van der Waals surface area contributed by atoms with Crippen LogP contribution in [0.3, 0.4) is 0 Å². The summed E-state index contributed by atoms with van der Waals surface area (Å²) in [5.41, 5.74) is 2.00. The van der Waals surface area contributed by atoms with E-state index in [0.717, 1.165) is 21.3 Å². The van der Waals surface area contributed by atoms with Gasteiger partial charge in [0.15, 0.2) is 0 Å². The molecule has 0 unspecified atom stereocenters. The lowest BCUT2D eigenvalue weighted by atomic mass is 10.3. The van der Waals surface area contributed by atoms with E-state index in [-0.39, 0.29) is 0 Å². The second kappa shape index (κ2) is 4.16. The first-order valence-electron chi connectivity index (χ1n) is 4.48. The Morgan fingerprint density at radius 1 is 1.40 bits per heavy atom. The first-order chi connectivity index (χ1) is 7.20. The number of rotatable bonds is 2. The third-order valence-electron chi connectivity index (χ3n) is 2.00. The predicted molar refractivity (Wildman–Crippen MR) is 64.6 cm³/mol. The van der Waals surface area contributed by atoms with E-state index in [0.29, 0.717) is 5.15 Å². The van der Waals surface area contributed by atoms with Crippen LogP contribution in [-0.2, 0) is 0 Å². The largest absolute Gasteiger partial charge is 0.378 e. The van der Waals surface area contributed by atoms with Gasteiger partial charge in [-0.05, 0) is 19.1 Å². The summed E-state index contributed by atoms with van der Waals surface area (Å²) in [5.74, 6) is 0. The molecule has 2 aromatic rings. The molecule has 0 atom stereocenters. The third-order valence-corrected chi connectivity index (χ3v) is 3.45. The topological polar surface area (TPSA) is 37.8 Å². The molecule has 0 spiro atoms. The van der Waals surface area contributed by atoms with E-state index in [1.807, 2.05) is 20.0 Å². The fourth-order valence-corrected chi connectivity index (χ4v) is 2.28. The van der Waals surface area contributed by atoms with Crippen molar-refractivity contribution in [2.45, 2.75) is 6.92 Å². The SMILES string of the molecule is CNc1sc(-c2ccc(Cl)nc2)nc1C. The molecule has 2 rings (SSSR count). The molecule has 0 bridgehead atoms. The highest BCUT2D eigenvalue weighted by Gasteiger charge is 2.07. The second-order valence-electron chi connectivity index (χ2n) is 3.05. The number of aryl methyl sites for hydroxylation is 1. The number of pyridine rings is 1. The number of nitrogens with zero attached hydrogens (tertiary/aromatic N) is 2. The Labute approximate surface area is 97.2 Å². The standard InChI is InChI=1S/C10H10ClN3S/c1-6-9(12-2)15-10(14-6)7-3-4-8(11)13-5-7/h3-5,12H,1-2H3. The summed E-state index contributed by atoms with van der Waals surface area (Å²) in [4.78, 5) is 8.49. The molecule has 0 radical (unpaired) electrons. The smallest absolute Gasteiger partial charge is 0.129 e. The van der Waals surface area contributed by atoms with Crippen molar-refractivity contribution in [3.8, 4) is 10.6 Å². The molecule has 3 nitrogen and oxygen atoms in total. The Morgan fingerprint density at radius 2 is 2.20 bits per heavy atom. The first kappa shape index (κ1) is 10.4. The van der Waals surface area contributed by atoms with Gasteiger partial charge in [0, 0.05) is 18.8 Å². The number of nitrogens with one attached hydrogen (secondary N) is 1. The molecule has 0 fully saturated rings. The highest BCUT2D eigenvalue weighted by molar-refractivity contribution is 7.19. The summed E-state index contributed by atoms with van der Waals surface area (Å²) in [6, 6.07) is 3.69. The minimum Gasteiger partial charge on any atom is -0.378 e. The molecule has 15 heavy (non-hydrogen) atoms. The summed E-state index contributed by atoms with van der Waals surface area (Å²) in [6.45, 7) is 1.98. The number of aromatic nitrogens is 2. The van der Waals surface area contributed by atoms with Gasteiger partial charge in [-0.1, -0.05) is 22.9 Å². The molecule has 0 amide bonds. The summed E-state index contributed by atoms with van der Waals surface area (Å²) in [7, 11) is 1.89. The van der Waals surface area contributed by atoms with Gasteiger partial charge in [0.1, 0.15) is 15.2 Å². The summed E-state index contributed by atoms with van der Waals surface area (Å²) >= 11 is 7.34. The van der Waals surface area contributed by atoms with Crippen molar-refractivity contribution >= 4 is 27.9 Å². The van der Waals surface area contributed by atoms with Crippen LogP contribution in [0.1, 0.15) is 5.69 Å². The van der Waals surface area contributed by atoms with E-state index < -0.39 is 0 Å². The molecule has 0 aliphatic carbocycles. The molecule has 5 heteroatoms. The first-order valence-corrected chi connectivity index (χ1v) is 5.67. The normalized spacial score (nSPS) is 10.3. The molecule has 0 aliphatic heterocycles. The average molecular weight is 240 g/mol. The zero-order valence-electron chi connectivity index (χ0n) is 8.41. The maximum Gasteiger partial charge on any atom is 0.129 e. The number of thiazole rings is 1. The maximum absolute atomic E-state index is 5.72. The van der Waals surface area contributed by atoms with E-state index in [2.05, 4.69) is 15.3 Å². The van der Waals surface area contributed by atoms with Gasteiger partial charge in [-0.3, -0.25) is 0 Å². The molecule has 2 aromatic heterocycles. The van der Waals surface area contributed by atoms with Gasteiger partial charge in [0.25, 0.3) is 0 Å². The van der Waals surface area contributed by atoms with Crippen LogP contribution in [0.5, 0.6) is 0 Å². The van der Waals surface area contributed by atoms with Crippen LogP contribution in [-0.4, -0.2) is 17.0 Å². The van der Waals surface area contributed by atoms with E-state index in [1.54, 1.807) is 23.6 Å². The quantitative estimate of drug-likeness (QED) is 0.818. The Bertz CT molecular complexity index is 464. The minimum absolute atomic E-state index is 0.501. The Hall–Kier alpha value is -1.13. The molecule has 0 saturated heterocycles. The molecule has 2 heterocycles. The molecule has 0 aromatic carbocycles. The van der Waals surface area contributed by atoms with Crippen LogP contribution < -0.4 is 5.32 Å². The van der Waals surface area contributed by atoms with Crippen molar-refractivity contribution in [2.24, 2.45) is 0 Å². The lowest BCUT2D eigenvalue weighted by Crippen LogP contribution is -1.85. The molecule has 0 saturated carbocycles. The Kier molecular flexibility index (Phi) is 2.88. The van der Waals surface area contributed by atoms with E-state index >= 15 is 0 Å².